The van der Waals surface area contributed by atoms with Gasteiger partial charge < -0.3 is 5.73 Å². The highest BCUT2D eigenvalue weighted by Crippen LogP contribution is 2.34. The summed E-state index contributed by atoms with van der Waals surface area (Å²) in [5, 5.41) is 0. The molecule has 0 amide bonds. The predicted octanol–water partition coefficient (Wildman–Crippen LogP) is 4.03. The molecule has 4 rings (SSSR count). The van der Waals surface area contributed by atoms with Gasteiger partial charge in [-0.2, -0.15) is 0 Å². The standard InChI is InChI=1S/C18H20N4/c19-17-16(12-21-18-20-10-11-22(17)18)15-8-6-14(7-9-15)13-4-2-1-3-5-13/h6-13H,1-5,19H2. The Kier molecular flexibility index (Phi) is 3.29. The fourth-order valence-electron chi connectivity index (χ4n) is 3.49. The molecule has 2 heterocycles. The molecule has 4 heteroatoms. The van der Waals surface area contributed by atoms with E-state index in [0.29, 0.717) is 11.6 Å². The number of rotatable bonds is 2. The first-order valence-electron chi connectivity index (χ1n) is 8.01. The predicted molar refractivity (Wildman–Crippen MR) is 88.7 cm³/mol. The molecule has 0 unspecified atom stereocenters. The normalized spacial score (nSPS) is 16.2. The quantitative estimate of drug-likeness (QED) is 0.776. The molecule has 0 radical (unpaired) electrons. The van der Waals surface area contributed by atoms with Crippen molar-refractivity contribution >= 4 is 11.6 Å². The van der Waals surface area contributed by atoms with Crippen molar-refractivity contribution < 1.29 is 0 Å². The zero-order valence-corrected chi connectivity index (χ0v) is 12.6. The van der Waals surface area contributed by atoms with Crippen molar-refractivity contribution in [2.45, 2.75) is 38.0 Å². The van der Waals surface area contributed by atoms with E-state index in [4.69, 9.17) is 5.73 Å². The number of nitrogens with zero attached hydrogens (tertiary/aromatic N) is 3. The van der Waals surface area contributed by atoms with E-state index in [9.17, 15) is 0 Å². The van der Waals surface area contributed by atoms with Gasteiger partial charge in [0.05, 0.1) is 0 Å². The molecular formula is C18H20N4. The number of imidazole rings is 1. The molecule has 0 saturated heterocycles. The zero-order chi connectivity index (χ0) is 14.9. The Morgan fingerprint density at radius 1 is 1.00 bits per heavy atom. The Bertz CT molecular complexity index is 782. The molecular weight excluding hydrogens is 272 g/mol. The minimum Gasteiger partial charge on any atom is -0.384 e. The van der Waals surface area contributed by atoms with E-state index >= 15 is 0 Å². The number of hydrogen-bond acceptors (Lipinski definition) is 3. The maximum atomic E-state index is 6.26. The van der Waals surface area contributed by atoms with E-state index in [1.807, 2.05) is 16.8 Å². The molecule has 2 aromatic heterocycles. The Hall–Kier alpha value is -2.36. The van der Waals surface area contributed by atoms with E-state index in [1.165, 1.54) is 37.7 Å². The van der Waals surface area contributed by atoms with Crippen LogP contribution in [0.25, 0.3) is 16.9 Å². The SMILES string of the molecule is Nc1c(-c2ccc(C3CCCCC3)cc2)cnc2nccn12. The number of nitrogens with two attached hydrogens (primary N) is 1. The second-order valence-electron chi connectivity index (χ2n) is 6.11. The fourth-order valence-corrected chi connectivity index (χ4v) is 3.49. The molecule has 4 nitrogen and oxygen atoms in total. The van der Waals surface area contributed by atoms with E-state index in [1.54, 1.807) is 6.20 Å². The van der Waals surface area contributed by atoms with Gasteiger partial charge in [-0.1, -0.05) is 43.5 Å². The average Bonchev–Trinajstić information content (AvgIpc) is 3.06. The van der Waals surface area contributed by atoms with Crippen molar-refractivity contribution in [2.75, 3.05) is 5.73 Å². The number of hydrogen-bond donors (Lipinski definition) is 1. The van der Waals surface area contributed by atoms with Crippen LogP contribution in [0.3, 0.4) is 0 Å². The van der Waals surface area contributed by atoms with Crippen LogP contribution in [0.2, 0.25) is 0 Å². The summed E-state index contributed by atoms with van der Waals surface area (Å²) in [7, 11) is 0. The molecule has 22 heavy (non-hydrogen) atoms. The Morgan fingerprint density at radius 3 is 2.55 bits per heavy atom. The van der Waals surface area contributed by atoms with Crippen molar-refractivity contribution in [3.63, 3.8) is 0 Å². The number of fused-ring (bicyclic) bond motifs is 1. The second-order valence-corrected chi connectivity index (χ2v) is 6.11. The molecule has 1 aliphatic rings. The van der Waals surface area contributed by atoms with Crippen LogP contribution in [0.4, 0.5) is 5.82 Å². The van der Waals surface area contributed by atoms with Crippen LogP contribution in [-0.2, 0) is 0 Å². The minimum absolute atomic E-state index is 0.639. The molecule has 1 aliphatic carbocycles. The highest BCUT2D eigenvalue weighted by molar-refractivity contribution is 5.74. The number of aromatic nitrogens is 3. The topological polar surface area (TPSA) is 56.2 Å². The van der Waals surface area contributed by atoms with Crippen LogP contribution >= 0.6 is 0 Å². The summed E-state index contributed by atoms with van der Waals surface area (Å²) in [6, 6.07) is 8.84. The lowest BCUT2D eigenvalue weighted by atomic mass is 9.84. The molecule has 0 bridgehead atoms. The monoisotopic (exact) mass is 292 g/mol. The van der Waals surface area contributed by atoms with Gasteiger partial charge in [0.1, 0.15) is 5.82 Å². The molecule has 0 spiro atoms. The van der Waals surface area contributed by atoms with E-state index < -0.39 is 0 Å². The van der Waals surface area contributed by atoms with Crippen molar-refractivity contribution in [2.24, 2.45) is 0 Å². The van der Waals surface area contributed by atoms with Gasteiger partial charge in [0.2, 0.25) is 5.78 Å². The molecule has 1 aromatic carbocycles. The lowest BCUT2D eigenvalue weighted by Crippen LogP contribution is -2.04. The van der Waals surface area contributed by atoms with Crippen LogP contribution in [0.1, 0.15) is 43.6 Å². The molecule has 1 saturated carbocycles. The summed E-state index contributed by atoms with van der Waals surface area (Å²) in [5.74, 6) is 2.06. The number of anilines is 1. The van der Waals surface area contributed by atoms with Gasteiger partial charge in [-0.25, -0.2) is 9.97 Å². The summed E-state index contributed by atoms with van der Waals surface area (Å²) < 4.78 is 1.82. The first-order valence-corrected chi connectivity index (χ1v) is 8.01. The first kappa shape index (κ1) is 13.3. The van der Waals surface area contributed by atoms with Gasteiger partial charge >= 0.3 is 0 Å². The van der Waals surface area contributed by atoms with Crippen LogP contribution in [0.15, 0.2) is 42.9 Å². The van der Waals surface area contributed by atoms with Crippen LogP contribution in [0.5, 0.6) is 0 Å². The number of nitrogen functional groups attached to an aromatic ring is 1. The lowest BCUT2D eigenvalue weighted by molar-refractivity contribution is 0.443. The summed E-state index contributed by atoms with van der Waals surface area (Å²) in [6.45, 7) is 0. The number of benzene rings is 1. The largest absolute Gasteiger partial charge is 0.384 e. The van der Waals surface area contributed by atoms with Gasteiger partial charge in [0.25, 0.3) is 0 Å². The Balaban J connectivity index is 1.68. The molecule has 3 aromatic rings. The second kappa shape index (κ2) is 5.44. The van der Waals surface area contributed by atoms with Crippen molar-refractivity contribution in [3.05, 3.63) is 48.4 Å². The minimum atomic E-state index is 0.639. The highest BCUT2D eigenvalue weighted by atomic mass is 15.1. The molecule has 0 aliphatic heterocycles. The summed E-state index contributed by atoms with van der Waals surface area (Å²) in [6.07, 6.45) is 12.1. The third-order valence-electron chi connectivity index (χ3n) is 4.76. The molecule has 0 atom stereocenters. The van der Waals surface area contributed by atoms with Crippen molar-refractivity contribution in [1.82, 2.24) is 14.4 Å². The average molecular weight is 292 g/mol. The van der Waals surface area contributed by atoms with Crippen molar-refractivity contribution in [1.29, 1.82) is 0 Å². The first-order chi connectivity index (χ1) is 10.8. The maximum Gasteiger partial charge on any atom is 0.235 e. The summed E-state index contributed by atoms with van der Waals surface area (Å²) >= 11 is 0. The third-order valence-corrected chi connectivity index (χ3v) is 4.76. The van der Waals surface area contributed by atoms with Gasteiger partial charge in [-0.15, -0.1) is 0 Å². The van der Waals surface area contributed by atoms with E-state index in [-0.39, 0.29) is 0 Å². The lowest BCUT2D eigenvalue weighted by Gasteiger charge is -2.22. The summed E-state index contributed by atoms with van der Waals surface area (Å²) in [4.78, 5) is 8.52. The van der Waals surface area contributed by atoms with Crippen LogP contribution < -0.4 is 5.73 Å². The van der Waals surface area contributed by atoms with Gasteiger partial charge in [-0.05, 0) is 29.9 Å². The van der Waals surface area contributed by atoms with E-state index in [2.05, 4.69) is 34.2 Å². The molecule has 112 valence electrons. The smallest absolute Gasteiger partial charge is 0.235 e. The zero-order valence-electron chi connectivity index (χ0n) is 12.6. The van der Waals surface area contributed by atoms with Gasteiger partial charge in [-0.3, -0.25) is 4.40 Å². The van der Waals surface area contributed by atoms with Gasteiger partial charge in [0.15, 0.2) is 0 Å². The summed E-state index contributed by atoms with van der Waals surface area (Å²) in [5.41, 5.74) is 9.79. The van der Waals surface area contributed by atoms with Gasteiger partial charge in [0, 0.05) is 24.2 Å². The maximum absolute atomic E-state index is 6.26. The highest BCUT2D eigenvalue weighted by Gasteiger charge is 2.15. The Morgan fingerprint density at radius 2 is 1.77 bits per heavy atom. The molecule has 2 N–H and O–H groups in total. The van der Waals surface area contributed by atoms with Crippen LogP contribution in [-0.4, -0.2) is 14.4 Å². The third kappa shape index (κ3) is 2.25. The van der Waals surface area contributed by atoms with E-state index in [0.717, 1.165) is 17.0 Å². The fraction of sp³-hybridized carbons (Fsp3) is 0.333. The molecule has 1 fully saturated rings. The Labute approximate surface area is 130 Å². The van der Waals surface area contributed by atoms with Crippen molar-refractivity contribution in [3.8, 4) is 11.1 Å². The van der Waals surface area contributed by atoms with Crippen LogP contribution in [0, 0.1) is 0 Å².